The van der Waals surface area contributed by atoms with Crippen molar-refractivity contribution in [3.05, 3.63) is 76.4 Å². The van der Waals surface area contributed by atoms with E-state index < -0.39 is 0 Å². The second-order valence-electron chi connectivity index (χ2n) is 9.22. The molecule has 2 aromatic carbocycles. The molecule has 35 heavy (non-hydrogen) atoms. The van der Waals surface area contributed by atoms with Gasteiger partial charge in [-0.2, -0.15) is 0 Å². The molecule has 1 amide bonds. The number of nitrogens with two attached hydrogens (primary N) is 1. The first-order chi connectivity index (χ1) is 16.9. The average molecular weight is 538 g/mol. The lowest BCUT2D eigenvalue weighted by Crippen LogP contribution is -2.56. The molecule has 2 heterocycles. The highest BCUT2D eigenvalue weighted by Gasteiger charge is 2.33. The van der Waals surface area contributed by atoms with Crippen LogP contribution in [0.2, 0.25) is 0 Å². The number of likely N-dealkylation sites (tertiary alicyclic amines) is 1. The van der Waals surface area contributed by atoms with Gasteiger partial charge < -0.3 is 15.8 Å². The summed E-state index contributed by atoms with van der Waals surface area (Å²) >= 11 is 3.54. The Morgan fingerprint density at radius 2 is 2.06 bits per heavy atom. The molecular formula is C28H33BrN4O2. The van der Waals surface area contributed by atoms with Crippen LogP contribution in [0.4, 0.5) is 0 Å². The highest BCUT2D eigenvalue weighted by Crippen LogP contribution is 2.31. The van der Waals surface area contributed by atoms with Crippen LogP contribution < -0.4 is 15.8 Å². The Morgan fingerprint density at radius 1 is 1.26 bits per heavy atom. The summed E-state index contributed by atoms with van der Waals surface area (Å²) < 4.78 is 7.11. The summed E-state index contributed by atoms with van der Waals surface area (Å²) in [7, 11) is 2.00. The molecule has 0 aliphatic carbocycles. The first-order valence-corrected chi connectivity index (χ1v) is 12.9. The highest BCUT2D eigenvalue weighted by atomic mass is 79.9. The fourth-order valence-corrected chi connectivity index (χ4v) is 4.89. The van der Waals surface area contributed by atoms with Gasteiger partial charge in [-0.05, 0) is 72.9 Å². The van der Waals surface area contributed by atoms with Gasteiger partial charge in [0.15, 0.2) is 0 Å². The number of likely N-dealkylation sites (N-methyl/N-ethyl adjacent to an activating group) is 1. The van der Waals surface area contributed by atoms with Crippen LogP contribution >= 0.6 is 15.9 Å². The number of halogens is 1. The second kappa shape index (κ2) is 11.8. The Kier molecular flexibility index (Phi) is 8.55. The van der Waals surface area contributed by atoms with E-state index in [9.17, 15) is 4.79 Å². The summed E-state index contributed by atoms with van der Waals surface area (Å²) in [5.74, 6) is 0.849. The van der Waals surface area contributed by atoms with Crippen molar-refractivity contribution in [2.45, 2.75) is 50.9 Å². The summed E-state index contributed by atoms with van der Waals surface area (Å²) in [5.41, 5.74) is 9.14. The second-order valence-corrected chi connectivity index (χ2v) is 10.1. The minimum atomic E-state index is -0.169. The lowest BCUT2D eigenvalue weighted by atomic mass is 9.92. The Bertz CT molecular complexity index is 1180. The maximum atomic E-state index is 12.8. The predicted octanol–water partition coefficient (Wildman–Crippen LogP) is 4.91. The molecule has 0 radical (unpaired) electrons. The van der Waals surface area contributed by atoms with Gasteiger partial charge in [-0.1, -0.05) is 42.5 Å². The van der Waals surface area contributed by atoms with Gasteiger partial charge in [0, 0.05) is 40.2 Å². The maximum absolute atomic E-state index is 12.8. The molecule has 7 heteroatoms. The number of nitrogens with one attached hydrogen (secondary N) is 1. The molecule has 1 saturated heterocycles. The number of hydrogen-bond donors (Lipinski definition) is 2. The summed E-state index contributed by atoms with van der Waals surface area (Å²) in [4.78, 5) is 19.4. The number of fused-ring (bicyclic) bond motifs is 1. The number of nitrogens with zero attached hydrogens (tertiary/aromatic N) is 2. The van der Waals surface area contributed by atoms with Gasteiger partial charge in [-0.15, -0.1) is 0 Å². The largest absolute Gasteiger partial charge is 0.488 e. The van der Waals surface area contributed by atoms with Gasteiger partial charge in [0.25, 0.3) is 0 Å². The molecule has 1 aliphatic rings. The third kappa shape index (κ3) is 6.48. The molecule has 1 unspecified atom stereocenters. The van der Waals surface area contributed by atoms with Gasteiger partial charge in [-0.3, -0.25) is 14.7 Å². The number of hydrogen-bond acceptors (Lipinski definition) is 5. The Hall–Kier alpha value is -2.74. The molecule has 1 aliphatic heterocycles. The van der Waals surface area contributed by atoms with Gasteiger partial charge in [0.05, 0.1) is 11.6 Å². The zero-order chi connectivity index (χ0) is 24.8. The number of carbonyl (C=O) groups excluding carboxylic acids is 1. The van der Waals surface area contributed by atoms with Crippen molar-refractivity contribution in [3.8, 4) is 5.75 Å². The van der Waals surface area contributed by atoms with Crippen LogP contribution in [-0.2, 0) is 11.4 Å². The number of pyridine rings is 1. The summed E-state index contributed by atoms with van der Waals surface area (Å²) in [6.45, 7) is 3.17. The fourth-order valence-electron chi connectivity index (χ4n) is 4.56. The number of aromatic nitrogens is 1. The Balaban J connectivity index is 1.43. The van der Waals surface area contributed by atoms with Crippen LogP contribution in [0, 0.1) is 0 Å². The van der Waals surface area contributed by atoms with E-state index in [0.29, 0.717) is 32.0 Å². The minimum absolute atomic E-state index is 0.0491. The van der Waals surface area contributed by atoms with Crippen LogP contribution in [0.25, 0.3) is 17.0 Å². The molecular weight excluding hydrogens is 504 g/mol. The molecule has 184 valence electrons. The molecule has 3 atom stereocenters. The predicted molar refractivity (Wildman–Crippen MR) is 145 cm³/mol. The van der Waals surface area contributed by atoms with E-state index in [0.717, 1.165) is 38.7 Å². The lowest BCUT2D eigenvalue weighted by molar-refractivity contribution is -0.128. The number of carbonyl (C=O) groups is 1. The standard InChI is InChI=1S/C28H33BrN4O2/c1-19-14-22(30)16-26(33(19)2)28(34)31-13-7-6-10-23-24-15-21(29)17-32-25(24)11-12-27(23)35-18-20-8-4-3-5-9-20/h3-6,8-12,15,17,19,22,26H,7,13-14,16,18,30H2,1-2H3,(H,31,34)/b10-6+/t19?,22-,26-/m0/s1. The van der Waals surface area contributed by atoms with E-state index in [-0.39, 0.29) is 18.0 Å². The molecule has 1 fully saturated rings. The van der Waals surface area contributed by atoms with E-state index in [1.807, 2.05) is 37.4 Å². The van der Waals surface area contributed by atoms with Crippen LogP contribution in [0.15, 0.2) is 65.3 Å². The average Bonchev–Trinajstić information content (AvgIpc) is 2.85. The Morgan fingerprint density at radius 3 is 2.86 bits per heavy atom. The number of rotatable bonds is 8. The van der Waals surface area contributed by atoms with Crippen molar-refractivity contribution in [2.75, 3.05) is 13.6 Å². The lowest BCUT2D eigenvalue weighted by Gasteiger charge is -2.39. The van der Waals surface area contributed by atoms with Gasteiger partial charge >= 0.3 is 0 Å². The van der Waals surface area contributed by atoms with E-state index >= 15 is 0 Å². The number of piperidine rings is 1. The smallest absolute Gasteiger partial charge is 0.237 e. The van der Waals surface area contributed by atoms with Crippen molar-refractivity contribution < 1.29 is 9.53 Å². The van der Waals surface area contributed by atoms with E-state index in [4.69, 9.17) is 10.5 Å². The number of amides is 1. The van der Waals surface area contributed by atoms with Crippen molar-refractivity contribution in [1.29, 1.82) is 0 Å². The van der Waals surface area contributed by atoms with E-state index in [1.54, 1.807) is 6.20 Å². The summed E-state index contributed by atoms with van der Waals surface area (Å²) in [6, 6.07) is 16.3. The minimum Gasteiger partial charge on any atom is -0.488 e. The zero-order valence-electron chi connectivity index (χ0n) is 20.3. The zero-order valence-corrected chi connectivity index (χ0v) is 21.9. The van der Waals surface area contributed by atoms with Gasteiger partial charge in [0.2, 0.25) is 5.91 Å². The Labute approximate surface area is 215 Å². The molecule has 4 rings (SSSR count). The summed E-state index contributed by atoms with van der Waals surface area (Å²) in [5, 5.41) is 4.09. The topological polar surface area (TPSA) is 80.5 Å². The molecule has 0 bridgehead atoms. The van der Waals surface area contributed by atoms with Crippen LogP contribution in [-0.4, -0.2) is 47.5 Å². The molecule has 3 aromatic rings. The van der Waals surface area contributed by atoms with Crippen molar-refractivity contribution >= 4 is 38.8 Å². The van der Waals surface area contributed by atoms with Crippen LogP contribution in [0.1, 0.15) is 37.3 Å². The van der Waals surface area contributed by atoms with E-state index in [1.165, 1.54) is 0 Å². The summed E-state index contributed by atoms with van der Waals surface area (Å²) in [6.07, 6.45) is 8.26. The number of benzene rings is 2. The van der Waals surface area contributed by atoms with Gasteiger partial charge in [-0.25, -0.2) is 0 Å². The molecule has 1 aromatic heterocycles. The molecule has 3 N–H and O–H groups in total. The van der Waals surface area contributed by atoms with Crippen molar-refractivity contribution in [2.24, 2.45) is 5.73 Å². The monoisotopic (exact) mass is 536 g/mol. The fraction of sp³-hybridized carbons (Fsp3) is 0.357. The highest BCUT2D eigenvalue weighted by molar-refractivity contribution is 9.10. The van der Waals surface area contributed by atoms with Gasteiger partial charge in [0.1, 0.15) is 12.4 Å². The normalized spacial score (nSPS) is 20.9. The molecule has 0 saturated carbocycles. The first-order valence-electron chi connectivity index (χ1n) is 12.1. The molecule has 0 spiro atoms. The number of ether oxygens (including phenoxy) is 1. The third-order valence-corrected chi connectivity index (χ3v) is 7.06. The van der Waals surface area contributed by atoms with Crippen molar-refractivity contribution in [1.82, 2.24) is 15.2 Å². The van der Waals surface area contributed by atoms with Crippen molar-refractivity contribution in [3.63, 3.8) is 0 Å². The first kappa shape index (κ1) is 25.4. The molecule has 6 nitrogen and oxygen atoms in total. The third-order valence-electron chi connectivity index (χ3n) is 6.62. The SMILES string of the molecule is CC1C[C@H](N)C[C@@H](C(=O)NCC/C=C/c2c(OCc3ccccc3)ccc3ncc(Br)cc23)N1C. The quantitative estimate of drug-likeness (QED) is 0.400. The van der Waals surface area contributed by atoms with Crippen LogP contribution in [0.5, 0.6) is 5.75 Å². The maximum Gasteiger partial charge on any atom is 0.237 e. The van der Waals surface area contributed by atoms with Crippen LogP contribution in [0.3, 0.4) is 0 Å². The van der Waals surface area contributed by atoms with E-state index in [2.05, 4.69) is 68.4 Å².